The molecule has 2 atom stereocenters. The summed E-state index contributed by atoms with van der Waals surface area (Å²) in [7, 11) is -4.39. The molecule has 1 aliphatic rings. The number of aromatic nitrogens is 3. The zero-order valence-corrected chi connectivity index (χ0v) is 22.8. The molecule has 0 spiro atoms. The second-order valence-electron chi connectivity index (χ2n) is 10.5. The predicted octanol–water partition coefficient (Wildman–Crippen LogP) is 4.83. The number of anilines is 1. The predicted molar refractivity (Wildman–Crippen MR) is 136 cm³/mol. The van der Waals surface area contributed by atoms with E-state index in [4.69, 9.17) is 4.74 Å². The van der Waals surface area contributed by atoms with Gasteiger partial charge in [-0.05, 0) is 53.7 Å². The van der Waals surface area contributed by atoms with E-state index in [1.165, 1.54) is 17.0 Å². The molecule has 206 valence electrons. The van der Waals surface area contributed by atoms with E-state index < -0.39 is 50.9 Å². The lowest BCUT2D eigenvalue weighted by atomic mass is 10.1. The van der Waals surface area contributed by atoms with Gasteiger partial charge in [0.05, 0.1) is 15.8 Å². The van der Waals surface area contributed by atoms with Gasteiger partial charge in [-0.25, -0.2) is 27.2 Å². The first-order chi connectivity index (χ1) is 17.5. The summed E-state index contributed by atoms with van der Waals surface area (Å²) < 4.78 is 75.7. The van der Waals surface area contributed by atoms with Crippen molar-refractivity contribution in [1.82, 2.24) is 18.8 Å². The van der Waals surface area contributed by atoms with Gasteiger partial charge in [0, 0.05) is 31.4 Å². The Hall–Kier alpha value is -3.35. The molecule has 1 aromatic carbocycles. The van der Waals surface area contributed by atoms with Gasteiger partial charge in [0.15, 0.2) is 5.65 Å². The van der Waals surface area contributed by atoms with Gasteiger partial charge in [-0.2, -0.15) is 13.2 Å². The second-order valence-corrected chi connectivity index (χ2v) is 12.3. The first kappa shape index (κ1) is 27.7. The molecule has 1 saturated heterocycles. The van der Waals surface area contributed by atoms with Gasteiger partial charge in [-0.3, -0.25) is 0 Å². The summed E-state index contributed by atoms with van der Waals surface area (Å²) >= 11 is 0. The van der Waals surface area contributed by atoms with Crippen molar-refractivity contribution in [3.05, 3.63) is 47.9 Å². The fourth-order valence-electron chi connectivity index (χ4n) is 4.45. The standard InChI is InChI=1S/C25H30F3N5O4S/c1-15-7-9-18(10-8-15)38(35,36)33-13-19(25(26,27)28)20-21(29-14-30-22(20)33)31-11-17(3)32(12-16(31)2)23(34)37-24(4,5)6/h7-10,13-14,16-17H,11-12H2,1-6H3/t16-,17-/m1/s1. The highest BCUT2D eigenvalue weighted by Crippen LogP contribution is 2.41. The first-order valence-electron chi connectivity index (χ1n) is 12.0. The zero-order valence-electron chi connectivity index (χ0n) is 21.9. The molecule has 4 rings (SSSR count). The van der Waals surface area contributed by atoms with Crippen molar-refractivity contribution in [3.63, 3.8) is 0 Å². The molecule has 13 heteroatoms. The molecule has 1 aliphatic heterocycles. The highest BCUT2D eigenvalue weighted by Gasteiger charge is 2.41. The van der Waals surface area contributed by atoms with Crippen LogP contribution in [-0.4, -0.2) is 64.1 Å². The number of benzene rings is 1. The number of alkyl halides is 3. The lowest BCUT2D eigenvalue weighted by Crippen LogP contribution is -2.59. The number of amides is 1. The molecule has 38 heavy (non-hydrogen) atoms. The van der Waals surface area contributed by atoms with Gasteiger partial charge in [0.1, 0.15) is 17.7 Å². The third-order valence-corrected chi connectivity index (χ3v) is 7.97. The van der Waals surface area contributed by atoms with Crippen LogP contribution in [0.25, 0.3) is 11.0 Å². The average molecular weight is 554 g/mol. The number of halogens is 3. The number of nitrogens with zero attached hydrogens (tertiary/aromatic N) is 5. The summed E-state index contributed by atoms with van der Waals surface area (Å²) in [4.78, 5) is 23.9. The van der Waals surface area contributed by atoms with Crippen LogP contribution < -0.4 is 4.90 Å². The number of carbonyl (C=O) groups excluding carboxylic acids is 1. The summed E-state index contributed by atoms with van der Waals surface area (Å²) in [6, 6.07) is 4.94. The normalized spacial score (nSPS) is 19.2. The Kier molecular flexibility index (Phi) is 6.87. The number of piperazine rings is 1. The van der Waals surface area contributed by atoms with Gasteiger partial charge < -0.3 is 14.5 Å². The summed E-state index contributed by atoms with van der Waals surface area (Å²) in [5.74, 6) is -0.0524. The van der Waals surface area contributed by atoms with Crippen LogP contribution in [0.3, 0.4) is 0 Å². The number of rotatable bonds is 3. The maximum absolute atomic E-state index is 14.3. The average Bonchev–Trinajstić information content (AvgIpc) is 3.21. The molecule has 0 aliphatic carbocycles. The minimum Gasteiger partial charge on any atom is -0.444 e. The Bertz CT molecular complexity index is 1460. The topological polar surface area (TPSA) is 97.6 Å². The molecule has 0 saturated carbocycles. The summed E-state index contributed by atoms with van der Waals surface area (Å²) in [6.07, 6.45) is -3.78. The smallest absolute Gasteiger partial charge is 0.418 e. The molecular weight excluding hydrogens is 523 g/mol. The quantitative estimate of drug-likeness (QED) is 0.458. The van der Waals surface area contributed by atoms with Crippen LogP contribution in [-0.2, 0) is 20.9 Å². The molecule has 1 fully saturated rings. The molecule has 0 unspecified atom stereocenters. The summed E-state index contributed by atoms with van der Waals surface area (Å²) in [6.45, 7) is 10.9. The van der Waals surface area contributed by atoms with E-state index in [9.17, 15) is 26.4 Å². The van der Waals surface area contributed by atoms with Crippen LogP contribution in [0.4, 0.5) is 23.8 Å². The summed E-state index contributed by atoms with van der Waals surface area (Å²) in [5, 5.41) is -0.416. The zero-order chi connectivity index (χ0) is 28.2. The fourth-order valence-corrected chi connectivity index (χ4v) is 5.77. The number of hydrogen-bond donors (Lipinski definition) is 0. The highest BCUT2D eigenvalue weighted by molar-refractivity contribution is 7.90. The van der Waals surface area contributed by atoms with Gasteiger partial charge >= 0.3 is 12.3 Å². The van der Waals surface area contributed by atoms with Crippen molar-refractivity contribution in [3.8, 4) is 0 Å². The van der Waals surface area contributed by atoms with E-state index in [1.807, 2.05) is 0 Å². The van der Waals surface area contributed by atoms with Gasteiger partial charge in [-0.15, -0.1) is 0 Å². The number of aryl methyl sites for hydroxylation is 1. The maximum atomic E-state index is 14.3. The number of ether oxygens (including phenoxy) is 1. The first-order valence-corrected chi connectivity index (χ1v) is 13.5. The van der Waals surface area contributed by atoms with E-state index in [0.29, 0.717) is 10.2 Å². The third-order valence-electron chi connectivity index (χ3n) is 6.30. The van der Waals surface area contributed by atoms with Crippen molar-refractivity contribution in [1.29, 1.82) is 0 Å². The molecule has 0 N–H and O–H groups in total. The largest absolute Gasteiger partial charge is 0.444 e. The van der Waals surface area contributed by atoms with E-state index in [1.54, 1.807) is 58.6 Å². The van der Waals surface area contributed by atoms with Crippen molar-refractivity contribution in [2.45, 2.75) is 70.3 Å². The van der Waals surface area contributed by atoms with E-state index in [0.717, 1.165) is 11.9 Å². The van der Waals surface area contributed by atoms with Gasteiger partial charge in [0.25, 0.3) is 10.0 Å². The summed E-state index contributed by atoms with van der Waals surface area (Å²) in [5.41, 5.74) is -1.44. The van der Waals surface area contributed by atoms with Crippen LogP contribution in [0.2, 0.25) is 0 Å². The van der Waals surface area contributed by atoms with Crippen molar-refractivity contribution < 1.29 is 31.1 Å². The highest BCUT2D eigenvalue weighted by atomic mass is 32.2. The van der Waals surface area contributed by atoms with Crippen LogP contribution in [0, 0.1) is 6.92 Å². The van der Waals surface area contributed by atoms with Gasteiger partial charge in [0.2, 0.25) is 0 Å². The number of hydrogen-bond acceptors (Lipinski definition) is 7. The van der Waals surface area contributed by atoms with Crippen molar-refractivity contribution >= 4 is 33.0 Å². The molecule has 3 heterocycles. The Morgan fingerprint density at radius 3 is 2.24 bits per heavy atom. The Labute approximate surface area is 219 Å². The number of carbonyl (C=O) groups is 1. The molecule has 0 bridgehead atoms. The lowest BCUT2D eigenvalue weighted by molar-refractivity contribution is -0.136. The minimum atomic E-state index is -4.88. The van der Waals surface area contributed by atoms with E-state index in [-0.39, 0.29) is 29.5 Å². The fraction of sp³-hybridized carbons (Fsp3) is 0.480. The Balaban J connectivity index is 1.82. The van der Waals surface area contributed by atoms with Crippen LogP contribution >= 0.6 is 0 Å². The number of fused-ring (bicyclic) bond motifs is 1. The lowest BCUT2D eigenvalue weighted by Gasteiger charge is -2.44. The maximum Gasteiger partial charge on any atom is 0.418 e. The third kappa shape index (κ3) is 5.16. The molecule has 0 radical (unpaired) electrons. The monoisotopic (exact) mass is 553 g/mol. The van der Waals surface area contributed by atoms with Crippen LogP contribution in [0.15, 0.2) is 41.7 Å². The van der Waals surface area contributed by atoms with Crippen LogP contribution in [0.5, 0.6) is 0 Å². The van der Waals surface area contributed by atoms with Crippen molar-refractivity contribution in [2.24, 2.45) is 0 Å². The SMILES string of the molecule is Cc1ccc(S(=O)(=O)n2cc(C(F)(F)F)c3c(N4C[C@@H](C)N(C(=O)OC(C)(C)C)C[C@H]4C)ncnc32)cc1. The minimum absolute atomic E-state index is 0.0524. The molecule has 3 aromatic rings. The van der Waals surface area contributed by atoms with Gasteiger partial charge in [-0.1, -0.05) is 17.7 Å². The van der Waals surface area contributed by atoms with Crippen molar-refractivity contribution in [2.75, 3.05) is 18.0 Å². The molecular formula is C25H30F3N5O4S. The van der Waals surface area contributed by atoms with Crippen LogP contribution in [0.1, 0.15) is 45.7 Å². The Morgan fingerprint density at radius 1 is 1.03 bits per heavy atom. The second kappa shape index (κ2) is 9.44. The molecule has 2 aromatic heterocycles. The molecule has 9 nitrogen and oxygen atoms in total. The Morgan fingerprint density at radius 2 is 1.66 bits per heavy atom. The van der Waals surface area contributed by atoms with E-state index >= 15 is 0 Å². The van der Waals surface area contributed by atoms with E-state index in [2.05, 4.69) is 9.97 Å². The molecule has 1 amide bonds.